The van der Waals surface area contributed by atoms with E-state index in [9.17, 15) is 0 Å². The quantitative estimate of drug-likeness (QED) is 0.566. The zero-order valence-corrected chi connectivity index (χ0v) is 13.7. The average molecular weight is 307 g/mol. The monoisotopic (exact) mass is 306 g/mol. The highest BCUT2D eigenvalue weighted by atomic mass is 35.5. The second-order valence-electron chi connectivity index (χ2n) is 5.34. The topological polar surface area (TPSA) is 0 Å². The van der Waals surface area contributed by atoms with Gasteiger partial charge in [-0.3, -0.25) is 0 Å². The van der Waals surface area contributed by atoms with Gasteiger partial charge in [-0.25, -0.2) is 0 Å². The maximum Gasteiger partial charge on any atom is 0.0838 e. The number of alkyl halides is 1. The number of benzene rings is 2. The Kier molecular flexibility index (Phi) is 5.12. The lowest BCUT2D eigenvalue weighted by Gasteiger charge is -2.15. The molecule has 0 nitrogen and oxygen atoms in total. The van der Waals surface area contributed by atoms with Crippen molar-refractivity contribution in [3.05, 3.63) is 69.7 Å². The third-order valence-electron chi connectivity index (χ3n) is 3.92. The fourth-order valence-electron chi connectivity index (χ4n) is 2.33. The predicted molar refractivity (Wildman–Crippen MR) is 89.0 cm³/mol. The first-order chi connectivity index (χ1) is 9.52. The van der Waals surface area contributed by atoms with E-state index in [1.165, 1.54) is 5.56 Å². The van der Waals surface area contributed by atoms with Gasteiger partial charge in [0, 0.05) is 5.02 Å². The molecule has 0 radical (unpaired) electrons. The molecule has 0 aliphatic carbocycles. The molecule has 2 aromatic carbocycles. The second-order valence-corrected chi connectivity index (χ2v) is 6.21. The largest absolute Gasteiger partial charge is 0.113 e. The van der Waals surface area contributed by atoms with Crippen molar-refractivity contribution in [3.63, 3.8) is 0 Å². The highest BCUT2D eigenvalue weighted by molar-refractivity contribution is 6.30. The Bertz CT molecular complexity index is 572. The van der Waals surface area contributed by atoms with Crippen molar-refractivity contribution in [2.75, 3.05) is 0 Å². The molecular formula is C18H20Cl2. The number of hydrogen-bond acceptors (Lipinski definition) is 0. The van der Waals surface area contributed by atoms with Crippen molar-refractivity contribution < 1.29 is 0 Å². The van der Waals surface area contributed by atoms with E-state index < -0.39 is 0 Å². The van der Waals surface area contributed by atoms with E-state index in [1.54, 1.807) is 0 Å². The van der Waals surface area contributed by atoms with E-state index in [4.69, 9.17) is 23.2 Å². The van der Waals surface area contributed by atoms with Crippen LogP contribution in [-0.4, -0.2) is 0 Å². The van der Waals surface area contributed by atoms with Gasteiger partial charge in [0.05, 0.1) is 5.38 Å². The number of halogens is 2. The van der Waals surface area contributed by atoms with E-state index in [2.05, 4.69) is 38.1 Å². The average Bonchev–Trinajstić information content (AvgIpc) is 2.46. The Morgan fingerprint density at radius 2 is 1.60 bits per heavy atom. The van der Waals surface area contributed by atoms with Crippen LogP contribution in [0.25, 0.3) is 0 Å². The van der Waals surface area contributed by atoms with Gasteiger partial charge in [-0.1, -0.05) is 55.8 Å². The molecule has 0 heterocycles. The van der Waals surface area contributed by atoms with Gasteiger partial charge >= 0.3 is 0 Å². The lowest BCUT2D eigenvalue weighted by Crippen LogP contribution is -1.98. The molecule has 2 heteroatoms. The number of hydrogen-bond donors (Lipinski definition) is 0. The molecule has 0 aliphatic heterocycles. The van der Waals surface area contributed by atoms with Crippen LogP contribution in [0.5, 0.6) is 0 Å². The lowest BCUT2D eigenvalue weighted by atomic mass is 9.95. The third kappa shape index (κ3) is 3.37. The first-order valence-electron chi connectivity index (χ1n) is 7.03. The van der Waals surface area contributed by atoms with Crippen molar-refractivity contribution in [1.29, 1.82) is 0 Å². The minimum atomic E-state index is -0.127. The van der Waals surface area contributed by atoms with Gasteiger partial charge in [0.1, 0.15) is 0 Å². The normalized spacial score (nSPS) is 14.1. The maximum absolute atomic E-state index is 6.61. The summed E-state index contributed by atoms with van der Waals surface area (Å²) in [5, 5.41) is 0.625. The van der Waals surface area contributed by atoms with E-state index in [1.807, 2.05) is 25.1 Å². The van der Waals surface area contributed by atoms with Crippen molar-refractivity contribution in [1.82, 2.24) is 0 Å². The SMILES string of the molecule is CCC(C)c1ccc(C(Cl)c2ccc(Cl)cc2C)cc1. The molecule has 0 bridgehead atoms. The van der Waals surface area contributed by atoms with Crippen molar-refractivity contribution in [2.24, 2.45) is 0 Å². The van der Waals surface area contributed by atoms with Crippen LogP contribution in [0.4, 0.5) is 0 Å². The van der Waals surface area contributed by atoms with Gasteiger partial charge < -0.3 is 0 Å². The van der Waals surface area contributed by atoms with Gasteiger partial charge in [-0.15, -0.1) is 11.6 Å². The highest BCUT2D eigenvalue weighted by Crippen LogP contribution is 2.33. The first kappa shape index (κ1) is 15.4. The second kappa shape index (κ2) is 6.65. The van der Waals surface area contributed by atoms with Crippen LogP contribution in [-0.2, 0) is 0 Å². The van der Waals surface area contributed by atoms with Gasteiger partial charge in [0.25, 0.3) is 0 Å². The smallest absolute Gasteiger partial charge is 0.0838 e. The van der Waals surface area contributed by atoms with Crippen LogP contribution in [0.1, 0.15) is 53.8 Å². The summed E-state index contributed by atoms with van der Waals surface area (Å²) in [7, 11) is 0. The minimum absolute atomic E-state index is 0.127. The summed E-state index contributed by atoms with van der Waals surface area (Å²) in [4.78, 5) is 0. The summed E-state index contributed by atoms with van der Waals surface area (Å²) in [6, 6.07) is 14.5. The van der Waals surface area contributed by atoms with Gasteiger partial charge in [-0.05, 0) is 53.6 Å². The van der Waals surface area contributed by atoms with Crippen LogP contribution in [0.15, 0.2) is 42.5 Å². The summed E-state index contributed by atoms with van der Waals surface area (Å²) in [5.74, 6) is 0.593. The van der Waals surface area contributed by atoms with Crippen LogP contribution in [0.3, 0.4) is 0 Å². The number of rotatable bonds is 4. The Balaban J connectivity index is 2.26. The zero-order chi connectivity index (χ0) is 14.7. The Labute approximate surface area is 131 Å². The molecule has 0 spiro atoms. The molecule has 2 atom stereocenters. The molecule has 0 aliphatic rings. The molecule has 2 aromatic rings. The Morgan fingerprint density at radius 3 is 2.15 bits per heavy atom. The van der Waals surface area contributed by atoms with Gasteiger partial charge in [0.15, 0.2) is 0 Å². The van der Waals surface area contributed by atoms with Gasteiger partial charge in [0.2, 0.25) is 0 Å². The van der Waals surface area contributed by atoms with Crippen molar-refractivity contribution in [2.45, 2.75) is 38.5 Å². The van der Waals surface area contributed by atoms with E-state index in [0.29, 0.717) is 5.92 Å². The van der Waals surface area contributed by atoms with Crippen LogP contribution >= 0.6 is 23.2 Å². The lowest BCUT2D eigenvalue weighted by molar-refractivity contribution is 0.733. The van der Waals surface area contributed by atoms with E-state index in [-0.39, 0.29) is 5.38 Å². The molecule has 106 valence electrons. The van der Waals surface area contributed by atoms with E-state index >= 15 is 0 Å². The van der Waals surface area contributed by atoms with Crippen molar-refractivity contribution in [3.8, 4) is 0 Å². The molecule has 2 unspecified atom stereocenters. The molecule has 0 aromatic heterocycles. The maximum atomic E-state index is 6.61. The fourth-order valence-corrected chi connectivity index (χ4v) is 2.95. The highest BCUT2D eigenvalue weighted by Gasteiger charge is 2.14. The van der Waals surface area contributed by atoms with Crippen LogP contribution in [0.2, 0.25) is 5.02 Å². The molecule has 0 amide bonds. The Hall–Kier alpha value is -0.980. The molecule has 0 N–H and O–H groups in total. The molecule has 2 rings (SSSR count). The van der Waals surface area contributed by atoms with E-state index in [0.717, 1.165) is 28.1 Å². The van der Waals surface area contributed by atoms with Crippen LogP contribution in [0, 0.1) is 6.92 Å². The number of aryl methyl sites for hydroxylation is 1. The Morgan fingerprint density at radius 1 is 1.00 bits per heavy atom. The molecule has 0 saturated heterocycles. The predicted octanol–water partition coefficient (Wildman–Crippen LogP) is 6.49. The summed E-state index contributed by atoms with van der Waals surface area (Å²) in [6.45, 7) is 6.50. The standard InChI is InChI=1S/C18H20Cl2/c1-4-12(2)14-5-7-15(8-6-14)18(20)17-10-9-16(19)11-13(17)3/h5-12,18H,4H2,1-3H3. The summed E-state index contributed by atoms with van der Waals surface area (Å²) < 4.78 is 0. The zero-order valence-electron chi connectivity index (χ0n) is 12.2. The van der Waals surface area contributed by atoms with Gasteiger partial charge in [-0.2, -0.15) is 0 Å². The molecular weight excluding hydrogens is 287 g/mol. The fraction of sp³-hybridized carbons (Fsp3) is 0.333. The van der Waals surface area contributed by atoms with Crippen LogP contribution < -0.4 is 0 Å². The molecule has 20 heavy (non-hydrogen) atoms. The summed E-state index contributed by atoms with van der Waals surface area (Å²) in [5.41, 5.74) is 4.74. The minimum Gasteiger partial charge on any atom is -0.113 e. The molecule has 0 saturated carbocycles. The summed E-state index contributed by atoms with van der Waals surface area (Å²) in [6.07, 6.45) is 1.15. The third-order valence-corrected chi connectivity index (χ3v) is 4.64. The molecule has 0 fully saturated rings. The van der Waals surface area contributed by atoms with Crippen molar-refractivity contribution >= 4 is 23.2 Å². The summed E-state index contributed by atoms with van der Waals surface area (Å²) >= 11 is 12.6. The first-order valence-corrected chi connectivity index (χ1v) is 7.84.